The minimum Gasteiger partial charge on any atom is -0.293 e. The minimum absolute atomic E-state index is 0.406. The fourth-order valence-electron chi connectivity index (χ4n) is 2.59. The predicted octanol–water partition coefficient (Wildman–Crippen LogP) is 2.88. The maximum Gasteiger partial charge on any atom is 0.110 e. The normalized spacial score (nSPS) is 26.8. The van der Waals surface area contributed by atoms with Crippen LogP contribution >= 0.6 is 11.8 Å². The van der Waals surface area contributed by atoms with Crippen LogP contribution in [-0.2, 0) is 6.42 Å². The van der Waals surface area contributed by atoms with Crippen LogP contribution in [0.5, 0.6) is 0 Å². The first-order chi connectivity index (χ1) is 8.92. The Kier molecular flexibility index (Phi) is 4.03. The van der Waals surface area contributed by atoms with Gasteiger partial charge in [-0.2, -0.15) is 0 Å². The summed E-state index contributed by atoms with van der Waals surface area (Å²) in [6.07, 6.45) is 7.40. The molecule has 2 unspecified atom stereocenters. The van der Waals surface area contributed by atoms with E-state index in [0.717, 1.165) is 13.0 Å². The average molecular weight is 260 g/mol. The molecule has 0 radical (unpaired) electrons. The number of rotatable bonds is 4. The zero-order valence-electron chi connectivity index (χ0n) is 10.6. The average Bonchev–Trinajstić information content (AvgIpc) is 2.82. The molecule has 0 spiro atoms. The van der Waals surface area contributed by atoms with E-state index in [1.54, 1.807) is 4.91 Å². The molecule has 2 nitrogen and oxygen atoms in total. The van der Waals surface area contributed by atoms with Gasteiger partial charge in [0.25, 0.3) is 0 Å². The maximum atomic E-state index is 3.66. The Morgan fingerprint density at radius 3 is 3.00 bits per heavy atom. The summed E-state index contributed by atoms with van der Waals surface area (Å²) in [7, 11) is 0. The van der Waals surface area contributed by atoms with Gasteiger partial charge in [0.15, 0.2) is 0 Å². The topological polar surface area (TPSA) is 24.1 Å². The molecule has 3 heteroatoms. The van der Waals surface area contributed by atoms with Crippen LogP contribution in [0.3, 0.4) is 0 Å². The summed E-state index contributed by atoms with van der Waals surface area (Å²) in [6, 6.07) is 11.3. The van der Waals surface area contributed by atoms with Crippen molar-refractivity contribution in [2.75, 3.05) is 6.54 Å². The maximum absolute atomic E-state index is 3.66. The summed E-state index contributed by atoms with van der Waals surface area (Å²) in [4.78, 5) is 1.55. The predicted molar refractivity (Wildman–Crippen MR) is 78.4 cm³/mol. The van der Waals surface area contributed by atoms with Gasteiger partial charge in [-0.15, -0.1) is 0 Å². The third-order valence-electron chi connectivity index (χ3n) is 3.58. The van der Waals surface area contributed by atoms with Gasteiger partial charge in [0, 0.05) is 17.5 Å². The lowest BCUT2D eigenvalue weighted by Gasteiger charge is -2.16. The minimum atomic E-state index is 0.406. The lowest BCUT2D eigenvalue weighted by atomic mass is 10.0. The Labute approximate surface area is 113 Å². The molecule has 96 valence electrons. The van der Waals surface area contributed by atoms with Crippen LogP contribution in [0.2, 0.25) is 0 Å². The molecule has 0 bridgehead atoms. The van der Waals surface area contributed by atoms with Crippen LogP contribution < -0.4 is 10.6 Å². The largest absolute Gasteiger partial charge is 0.293 e. The van der Waals surface area contributed by atoms with E-state index >= 15 is 0 Å². The van der Waals surface area contributed by atoms with Crippen LogP contribution in [0.15, 0.2) is 41.3 Å². The molecule has 0 saturated carbocycles. The van der Waals surface area contributed by atoms with Gasteiger partial charge in [-0.05, 0) is 31.2 Å². The molecule has 0 aromatic heterocycles. The third-order valence-corrected chi connectivity index (χ3v) is 4.84. The van der Waals surface area contributed by atoms with Gasteiger partial charge >= 0.3 is 0 Å². The molecule has 3 rings (SSSR count). The van der Waals surface area contributed by atoms with E-state index < -0.39 is 0 Å². The SMILES string of the molecule is C1=C2SC(NCCc3ccccc3)NC2CCC1. The van der Waals surface area contributed by atoms with Gasteiger partial charge in [-0.1, -0.05) is 48.2 Å². The van der Waals surface area contributed by atoms with Gasteiger partial charge in [0.2, 0.25) is 0 Å². The van der Waals surface area contributed by atoms with E-state index in [2.05, 4.69) is 47.0 Å². The Morgan fingerprint density at radius 2 is 2.17 bits per heavy atom. The highest BCUT2D eigenvalue weighted by molar-refractivity contribution is 8.03. The van der Waals surface area contributed by atoms with Gasteiger partial charge < -0.3 is 0 Å². The number of hydrogen-bond donors (Lipinski definition) is 2. The van der Waals surface area contributed by atoms with Crippen molar-refractivity contribution >= 4 is 11.8 Å². The van der Waals surface area contributed by atoms with E-state index in [1.807, 2.05) is 11.8 Å². The number of allylic oxidation sites excluding steroid dienone is 1. The van der Waals surface area contributed by atoms with Crippen molar-refractivity contribution < 1.29 is 0 Å². The number of thioether (sulfide) groups is 1. The monoisotopic (exact) mass is 260 g/mol. The van der Waals surface area contributed by atoms with Crippen LogP contribution in [0.1, 0.15) is 24.8 Å². The van der Waals surface area contributed by atoms with Gasteiger partial charge in [-0.25, -0.2) is 0 Å². The van der Waals surface area contributed by atoms with Crippen LogP contribution in [-0.4, -0.2) is 18.1 Å². The second kappa shape index (κ2) is 5.91. The fraction of sp³-hybridized carbons (Fsp3) is 0.467. The van der Waals surface area contributed by atoms with Gasteiger partial charge in [0.05, 0.1) is 0 Å². The Morgan fingerprint density at radius 1 is 1.28 bits per heavy atom. The molecule has 2 aliphatic rings. The molecular weight excluding hydrogens is 240 g/mol. The van der Waals surface area contributed by atoms with Crippen molar-refractivity contribution in [2.45, 2.75) is 37.2 Å². The second-order valence-electron chi connectivity index (χ2n) is 4.94. The molecule has 1 heterocycles. The third kappa shape index (κ3) is 2.97. The lowest BCUT2D eigenvalue weighted by Crippen LogP contribution is -2.40. The van der Waals surface area contributed by atoms with Gasteiger partial charge in [0.1, 0.15) is 5.50 Å². The Hall–Kier alpha value is -0.770. The van der Waals surface area contributed by atoms with Crippen molar-refractivity contribution in [3.05, 3.63) is 46.9 Å². The van der Waals surface area contributed by atoms with E-state index in [0.29, 0.717) is 11.5 Å². The van der Waals surface area contributed by atoms with Gasteiger partial charge in [-0.3, -0.25) is 10.6 Å². The standard InChI is InChI=1S/C15H20N2S/c1-2-6-12(7-3-1)10-11-16-15-17-13-8-4-5-9-14(13)18-15/h1-3,6-7,9,13,15-17H,4-5,8,10-11H2. The number of nitrogens with one attached hydrogen (secondary N) is 2. The molecule has 0 amide bonds. The molecular formula is C15H20N2S. The molecule has 18 heavy (non-hydrogen) atoms. The van der Waals surface area contributed by atoms with Crippen molar-refractivity contribution in [3.63, 3.8) is 0 Å². The molecule has 1 saturated heterocycles. The number of fused-ring (bicyclic) bond motifs is 1. The first-order valence-corrected chi connectivity index (χ1v) is 7.70. The number of hydrogen-bond acceptors (Lipinski definition) is 3. The van der Waals surface area contributed by atoms with E-state index in [-0.39, 0.29) is 0 Å². The fourth-order valence-corrected chi connectivity index (χ4v) is 3.86. The summed E-state index contributed by atoms with van der Waals surface area (Å²) in [5.74, 6) is 0. The molecule has 1 aliphatic carbocycles. The Bertz CT molecular complexity index is 416. The smallest absolute Gasteiger partial charge is 0.110 e. The first kappa shape index (κ1) is 12.3. The van der Waals surface area contributed by atoms with Crippen molar-refractivity contribution in [1.82, 2.24) is 10.6 Å². The van der Waals surface area contributed by atoms with E-state index in [1.165, 1.54) is 24.8 Å². The second-order valence-corrected chi connectivity index (χ2v) is 6.12. The molecule has 1 aromatic rings. The summed E-state index contributed by atoms with van der Waals surface area (Å²) in [5, 5.41) is 7.26. The summed E-state index contributed by atoms with van der Waals surface area (Å²) in [6.45, 7) is 1.04. The summed E-state index contributed by atoms with van der Waals surface area (Å²) in [5.41, 5.74) is 1.81. The first-order valence-electron chi connectivity index (χ1n) is 6.82. The van der Waals surface area contributed by atoms with Crippen molar-refractivity contribution in [1.29, 1.82) is 0 Å². The van der Waals surface area contributed by atoms with E-state index in [4.69, 9.17) is 0 Å². The highest BCUT2D eigenvalue weighted by Crippen LogP contribution is 2.35. The molecule has 2 atom stereocenters. The quantitative estimate of drug-likeness (QED) is 0.870. The highest BCUT2D eigenvalue weighted by Gasteiger charge is 2.29. The zero-order chi connectivity index (χ0) is 12.2. The van der Waals surface area contributed by atoms with Crippen molar-refractivity contribution in [2.24, 2.45) is 0 Å². The highest BCUT2D eigenvalue weighted by atomic mass is 32.2. The van der Waals surface area contributed by atoms with Crippen LogP contribution in [0, 0.1) is 0 Å². The van der Waals surface area contributed by atoms with Crippen LogP contribution in [0.25, 0.3) is 0 Å². The number of benzene rings is 1. The lowest BCUT2D eigenvalue weighted by molar-refractivity contribution is 0.480. The molecule has 1 fully saturated rings. The van der Waals surface area contributed by atoms with Crippen LogP contribution in [0.4, 0.5) is 0 Å². The zero-order valence-corrected chi connectivity index (χ0v) is 11.4. The Balaban J connectivity index is 1.45. The van der Waals surface area contributed by atoms with Crippen molar-refractivity contribution in [3.8, 4) is 0 Å². The summed E-state index contributed by atoms with van der Waals surface area (Å²) < 4.78 is 0. The molecule has 2 N–H and O–H groups in total. The van der Waals surface area contributed by atoms with E-state index in [9.17, 15) is 0 Å². The molecule has 1 aromatic carbocycles. The molecule has 1 aliphatic heterocycles. The summed E-state index contributed by atoms with van der Waals surface area (Å²) >= 11 is 1.97.